The molecule has 4 N–H and O–H groups in total. The molecule has 1 aliphatic heterocycles. The highest BCUT2D eigenvalue weighted by Gasteiger charge is 2.26. The molecule has 0 aliphatic carbocycles. The maximum atomic E-state index is 12.4. The van der Waals surface area contributed by atoms with Gasteiger partial charge in [0.15, 0.2) is 12.4 Å². The lowest BCUT2D eigenvalue weighted by atomic mass is 10.1. The van der Waals surface area contributed by atoms with E-state index >= 15 is 0 Å². The van der Waals surface area contributed by atoms with Crippen molar-refractivity contribution in [3.8, 4) is 0 Å². The van der Waals surface area contributed by atoms with Crippen LogP contribution < -0.4 is 16.4 Å². The van der Waals surface area contributed by atoms with Crippen LogP contribution in [0.2, 0.25) is 5.02 Å². The van der Waals surface area contributed by atoms with Gasteiger partial charge >= 0.3 is 5.97 Å². The van der Waals surface area contributed by atoms with E-state index in [-0.39, 0.29) is 35.8 Å². The number of hydrogen-bond acceptors (Lipinski definition) is 8. The van der Waals surface area contributed by atoms with Gasteiger partial charge in [-0.3, -0.25) is 4.79 Å². The zero-order valence-electron chi connectivity index (χ0n) is 13.1. The Hall–Kier alpha value is -2.94. The minimum Gasteiger partial charge on any atom is -0.454 e. The number of nitrogen functional groups attached to an aromatic ring is 2. The standard InChI is InChI=1S/C15H15ClN6O3/c16-8-3-4-9(10(6-8)22-5-1-2-12(22)23)13(24)25-7-11-19-14(17)21-15(18)20-11/h3-4,6H,1-2,5,7H2,(H4,17,18,19,20,21). The minimum absolute atomic E-state index is 0.0608. The second-order valence-corrected chi connectivity index (χ2v) is 5.79. The van der Waals surface area contributed by atoms with Crippen LogP contribution in [-0.2, 0) is 16.1 Å². The van der Waals surface area contributed by atoms with Gasteiger partial charge in [0.25, 0.3) is 0 Å². The molecule has 1 aromatic carbocycles. The second-order valence-electron chi connectivity index (χ2n) is 5.35. The Balaban J connectivity index is 1.81. The van der Waals surface area contributed by atoms with E-state index in [4.69, 9.17) is 27.8 Å². The number of nitrogens with zero attached hydrogens (tertiary/aromatic N) is 4. The number of benzene rings is 1. The van der Waals surface area contributed by atoms with Gasteiger partial charge in [-0.2, -0.15) is 15.0 Å². The third-order valence-corrected chi connectivity index (χ3v) is 3.83. The van der Waals surface area contributed by atoms with Crippen molar-refractivity contribution in [2.24, 2.45) is 0 Å². The summed E-state index contributed by atoms with van der Waals surface area (Å²) in [7, 11) is 0. The number of amides is 1. The predicted octanol–water partition coefficient (Wildman–Crippen LogP) is 1.17. The fourth-order valence-corrected chi connectivity index (χ4v) is 2.70. The number of rotatable bonds is 4. The summed E-state index contributed by atoms with van der Waals surface area (Å²) >= 11 is 6.01. The lowest BCUT2D eigenvalue weighted by molar-refractivity contribution is -0.117. The van der Waals surface area contributed by atoms with Gasteiger partial charge in [0.2, 0.25) is 17.8 Å². The van der Waals surface area contributed by atoms with Gasteiger partial charge in [0, 0.05) is 18.0 Å². The first-order chi connectivity index (χ1) is 11.9. The molecule has 25 heavy (non-hydrogen) atoms. The van der Waals surface area contributed by atoms with Gasteiger partial charge in [0.05, 0.1) is 11.3 Å². The van der Waals surface area contributed by atoms with Crippen LogP contribution in [0.1, 0.15) is 29.0 Å². The number of anilines is 3. The van der Waals surface area contributed by atoms with E-state index in [0.717, 1.165) is 6.42 Å². The first-order valence-electron chi connectivity index (χ1n) is 7.47. The van der Waals surface area contributed by atoms with E-state index in [2.05, 4.69) is 15.0 Å². The van der Waals surface area contributed by atoms with Crippen molar-refractivity contribution in [3.05, 3.63) is 34.6 Å². The van der Waals surface area contributed by atoms with Crippen molar-refractivity contribution in [1.82, 2.24) is 15.0 Å². The quantitative estimate of drug-likeness (QED) is 0.773. The van der Waals surface area contributed by atoms with Crippen molar-refractivity contribution < 1.29 is 14.3 Å². The van der Waals surface area contributed by atoms with E-state index in [1.807, 2.05) is 0 Å². The Labute approximate surface area is 148 Å². The first kappa shape index (κ1) is 16.9. The van der Waals surface area contributed by atoms with Gasteiger partial charge in [-0.1, -0.05) is 11.6 Å². The molecule has 2 aromatic rings. The van der Waals surface area contributed by atoms with E-state index in [1.165, 1.54) is 11.0 Å². The number of hydrogen-bond donors (Lipinski definition) is 2. The van der Waals surface area contributed by atoms with Crippen molar-refractivity contribution in [2.75, 3.05) is 22.9 Å². The van der Waals surface area contributed by atoms with E-state index in [9.17, 15) is 9.59 Å². The van der Waals surface area contributed by atoms with E-state index in [0.29, 0.717) is 23.7 Å². The molecule has 1 fully saturated rings. The predicted molar refractivity (Wildman–Crippen MR) is 90.8 cm³/mol. The fourth-order valence-electron chi connectivity index (χ4n) is 2.53. The number of aromatic nitrogens is 3. The Morgan fingerprint density at radius 3 is 2.60 bits per heavy atom. The van der Waals surface area contributed by atoms with Gasteiger partial charge < -0.3 is 21.1 Å². The second kappa shape index (κ2) is 6.89. The molecule has 9 nitrogen and oxygen atoms in total. The number of esters is 1. The highest BCUT2D eigenvalue weighted by molar-refractivity contribution is 6.31. The molecule has 0 bridgehead atoms. The van der Waals surface area contributed by atoms with Crippen LogP contribution in [0.25, 0.3) is 0 Å². The van der Waals surface area contributed by atoms with Gasteiger partial charge in [0.1, 0.15) is 0 Å². The summed E-state index contributed by atoms with van der Waals surface area (Å²) < 4.78 is 5.22. The summed E-state index contributed by atoms with van der Waals surface area (Å²) in [5, 5.41) is 0.421. The SMILES string of the molecule is Nc1nc(N)nc(COC(=O)c2ccc(Cl)cc2N2CCCC2=O)n1. The Morgan fingerprint density at radius 1 is 1.24 bits per heavy atom. The molecule has 0 radical (unpaired) electrons. The molecule has 0 spiro atoms. The maximum Gasteiger partial charge on any atom is 0.340 e. The molecule has 0 atom stereocenters. The van der Waals surface area contributed by atoms with Gasteiger partial charge in [-0.25, -0.2) is 4.79 Å². The van der Waals surface area contributed by atoms with Crippen LogP contribution in [0, 0.1) is 0 Å². The van der Waals surface area contributed by atoms with Gasteiger partial charge in [-0.05, 0) is 24.6 Å². The van der Waals surface area contributed by atoms with Crippen LogP contribution >= 0.6 is 11.6 Å². The average Bonchev–Trinajstić information content (AvgIpc) is 2.97. The summed E-state index contributed by atoms with van der Waals surface area (Å²) in [5.74, 6) is -0.689. The van der Waals surface area contributed by atoms with Crippen LogP contribution in [0.3, 0.4) is 0 Å². The minimum atomic E-state index is -0.635. The van der Waals surface area contributed by atoms with Crippen LogP contribution in [0.15, 0.2) is 18.2 Å². The smallest absolute Gasteiger partial charge is 0.340 e. The topological polar surface area (TPSA) is 137 Å². The highest BCUT2D eigenvalue weighted by Crippen LogP contribution is 2.29. The molecule has 10 heteroatoms. The molecular formula is C15H15ClN6O3. The fraction of sp³-hybridized carbons (Fsp3) is 0.267. The van der Waals surface area contributed by atoms with Gasteiger partial charge in [-0.15, -0.1) is 0 Å². The molecule has 3 rings (SSSR count). The first-order valence-corrected chi connectivity index (χ1v) is 7.85. The van der Waals surface area contributed by atoms with Crippen molar-refractivity contribution in [3.63, 3.8) is 0 Å². The van der Waals surface area contributed by atoms with Crippen LogP contribution in [0.4, 0.5) is 17.6 Å². The zero-order valence-corrected chi connectivity index (χ0v) is 13.9. The molecule has 1 aromatic heterocycles. The average molecular weight is 363 g/mol. The van der Waals surface area contributed by atoms with Crippen molar-refractivity contribution in [1.29, 1.82) is 0 Å². The Morgan fingerprint density at radius 2 is 1.96 bits per heavy atom. The number of ether oxygens (including phenoxy) is 1. The third kappa shape index (κ3) is 3.77. The molecule has 0 saturated carbocycles. The summed E-state index contributed by atoms with van der Waals surface area (Å²) in [6.45, 7) is 0.297. The lowest BCUT2D eigenvalue weighted by Gasteiger charge is -2.19. The van der Waals surface area contributed by atoms with E-state index in [1.54, 1.807) is 12.1 Å². The van der Waals surface area contributed by atoms with Crippen molar-refractivity contribution >= 4 is 41.1 Å². The normalized spacial score (nSPS) is 14.0. The number of nitrogens with two attached hydrogens (primary N) is 2. The summed E-state index contributed by atoms with van der Waals surface area (Å²) in [4.78, 5) is 37.3. The summed E-state index contributed by atoms with van der Waals surface area (Å²) in [6.07, 6.45) is 1.16. The molecular weight excluding hydrogens is 348 g/mol. The lowest BCUT2D eigenvalue weighted by Crippen LogP contribution is -2.26. The summed E-state index contributed by atoms with van der Waals surface area (Å²) in [6, 6.07) is 4.64. The maximum absolute atomic E-state index is 12.4. The molecule has 1 amide bonds. The largest absolute Gasteiger partial charge is 0.454 e. The monoisotopic (exact) mass is 362 g/mol. The highest BCUT2D eigenvalue weighted by atomic mass is 35.5. The zero-order chi connectivity index (χ0) is 18.0. The molecule has 0 unspecified atom stereocenters. The van der Waals surface area contributed by atoms with Crippen LogP contribution in [0.5, 0.6) is 0 Å². The molecule has 1 saturated heterocycles. The molecule has 1 aliphatic rings. The molecule has 130 valence electrons. The number of halogens is 1. The van der Waals surface area contributed by atoms with Crippen molar-refractivity contribution in [2.45, 2.75) is 19.4 Å². The summed E-state index contributed by atoms with van der Waals surface area (Å²) in [5.41, 5.74) is 11.6. The van der Waals surface area contributed by atoms with E-state index < -0.39 is 5.97 Å². The third-order valence-electron chi connectivity index (χ3n) is 3.59. The number of carbonyl (C=O) groups is 2. The Bertz CT molecular complexity index is 824. The van der Waals surface area contributed by atoms with Crippen LogP contribution in [-0.4, -0.2) is 33.4 Å². The Kier molecular flexibility index (Phi) is 4.66. The number of carbonyl (C=O) groups excluding carboxylic acids is 2. The molecule has 2 heterocycles.